The summed E-state index contributed by atoms with van der Waals surface area (Å²) in [5.74, 6) is 0. The van der Waals surface area contributed by atoms with Crippen LogP contribution in [0, 0.1) is 0 Å². The molecule has 0 radical (unpaired) electrons. The highest BCUT2D eigenvalue weighted by Gasteiger charge is 2.28. The van der Waals surface area contributed by atoms with Crippen LogP contribution in [0.5, 0.6) is 0 Å². The standard InChI is InChI=1S/C6H16N4O2S/c7-2-3-9-13(11,12)10-4-1-6(8)5-10/h6,9H,1-5,7-8H2. The van der Waals surface area contributed by atoms with E-state index < -0.39 is 10.2 Å². The molecule has 1 saturated heterocycles. The highest BCUT2D eigenvalue weighted by atomic mass is 32.2. The quantitative estimate of drug-likeness (QED) is 0.488. The van der Waals surface area contributed by atoms with E-state index in [0.717, 1.165) is 6.42 Å². The SMILES string of the molecule is NCCNS(=O)(=O)N1CCC(N)C1. The molecule has 0 aromatic rings. The van der Waals surface area contributed by atoms with Crippen molar-refractivity contribution in [1.29, 1.82) is 0 Å². The molecule has 0 aromatic carbocycles. The number of nitrogens with zero attached hydrogens (tertiary/aromatic N) is 1. The van der Waals surface area contributed by atoms with Gasteiger partial charge in [0.25, 0.3) is 10.2 Å². The molecule has 0 amide bonds. The molecule has 1 aliphatic heterocycles. The van der Waals surface area contributed by atoms with Gasteiger partial charge in [0.15, 0.2) is 0 Å². The first kappa shape index (κ1) is 10.9. The molecule has 1 fully saturated rings. The molecule has 78 valence electrons. The third kappa shape index (κ3) is 2.89. The first-order valence-electron chi connectivity index (χ1n) is 4.26. The average molecular weight is 208 g/mol. The molecule has 5 N–H and O–H groups in total. The van der Waals surface area contributed by atoms with Crippen molar-refractivity contribution < 1.29 is 8.42 Å². The van der Waals surface area contributed by atoms with E-state index in [1.54, 1.807) is 0 Å². The lowest BCUT2D eigenvalue weighted by Crippen LogP contribution is -2.42. The Morgan fingerprint density at radius 1 is 1.54 bits per heavy atom. The lowest BCUT2D eigenvalue weighted by atomic mass is 10.3. The Morgan fingerprint density at radius 3 is 2.69 bits per heavy atom. The maximum atomic E-state index is 11.4. The van der Waals surface area contributed by atoms with Crippen LogP contribution < -0.4 is 16.2 Å². The van der Waals surface area contributed by atoms with Gasteiger partial charge in [-0.25, -0.2) is 4.72 Å². The van der Waals surface area contributed by atoms with E-state index in [-0.39, 0.29) is 12.6 Å². The van der Waals surface area contributed by atoms with Crippen LogP contribution in [0.25, 0.3) is 0 Å². The summed E-state index contributed by atoms with van der Waals surface area (Å²) >= 11 is 0. The van der Waals surface area contributed by atoms with Crippen molar-refractivity contribution in [2.75, 3.05) is 26.2 Å². The maximum Gasteiger partial charge on any atom is 0.279 e. The van der Waals surface area contributed by atoms with Crippen LogP contribution in [0.2, 0.25) is 0 Å². The Bertz CT molecular complexity index is 253. The topological polar surface area (TPSA) is 101 Å². The summed E-state index contributed by atoms with van der Waals surface area (Å²) in [5, 5.41) is 0. The summed E-state index contributed by atoms with van der Waals surface area (Å²) in [6, 6.07) is -0.0329. The fraction of sp³-hybridized carbons (Fsp3) is 1.00. The van der Waals surface area contributed by atoms with E-state index in [0.29, 0.717) is 19.6 Å². The Labute approximate surface area is 78.4 Å². The number of hydrogen-bond acceptors (Lipinski definition) is 4. The van der Waals surface area contributed by atoms with Crippen molar-refractivity contribution in [2.24, 2.45) is 11.5 Å². The van der Waals surface area contributed by atoms with Crippen molar-refractivity contribution in [3.63, 3.8) is 0 Å². The highest BCUT2D eigenvalue weighted by Crippen LogP contribution is 2.10. The zero-order valence-corrected chi connectivity index (χ0v) is 8.26. The minimum absolute atomic E-state index is 0.0329. The zero-order chi connectivity index (χ0) is 9.90. The molecular weight excluding hydrogens is 192 g/mol. The van der Waals surface area contributed by atoms with Crippen LogP contribution in [0.1, 0.15) is 6.42 Å². The smallest absolute Gasteiger partial charge is 0.279 e. The van der Waals surface area contributed by atoms with Crippen molar-refractivity contribution >= 4 is 10.2 Å². The van der Waals surface area contributed by atoms with Gasteiger partial charge in [0.2, 0.25) is 0 Å². The van der Waals surface area contributed by atoms with Crippen molar-refractivity contribution in [3.8, 4) is 0 Å². The van der Waals surface area contributed by atoms with Crippen LogP contribution in [0.4, 0.5) is 0 Å². The molecule has 13 heavy (non-hydrogen) atoms. The molecule has 0 aliphatic carbocycles. The molecule has 6 nitrogen and oxygen atoms in total. The van der Waals surface area contributed by atoms with E-state index in [9.17, 15) is 8.42 Å². The zero-order valence-electron chi connectivity index (χ0n) is 7.44. The summed E-state index contributed by atoms with van der Waals surface area (Å²) in [6.07, 6.45) is 0.726. The van der Waals surface area contributed by atoms with Crippen LogP contribution in [-0.2, 0) is 10.2 Å². The number of hydrogen-bond donors (Lipinski definition) is 3. The third-order valence-electron chi connectivity index (χ3n) is 1.96. The molecule has 0 saturated carbocycles. The fourth-order valence-electron chi connectivity index (χ4n) is 1.25. The van der Waals surface area contributed by atoms with Crippen LogP contribution in [0.3, 0.4) is 0 Å². The first-order valence-corrected chi connectivity index (χ1v) is 5.70. The summed E-state index contributed by atoms with van der Waals surface area (Å²) in [4.78, 5) is 0. The Balaban J connectivity index is 2.50. The minimum Gasteiger partial charge on any atom is -0.329 e. The van der Waals surface area contributed by atoms with Crippen molar-refractivity contribution in [3.05, 3.63) is 0 Å². The van der Waals surface area contributed by atoms with Gasteiger partial charge in [-0.1, -0.05) is 0 Å². The van der Waals surface area contributed by atoms with Gasteiger partial charge in [-0.15, -0.1) is 0 Å². The normalized spacial score (nSPS) is 25.2. The summed E-state index contributed by atoms with van der Waals surface area (Å²) < 4.78 is 26.6. The van der Waals surface area contributed by atoms with Crippen LogP contribution in [0.15, 0.2) is 0 Å². The lowest BCUT2D eigenvalue weighted by molar-refractivity contribution is 0.461. The minimum atomic E-state index is -3.33. The lowest BCUT2D eigenvalue weighted by Gasteiger charge is -2.15. The molecule has 7 heteroatoms. The number of rotatable bonds is 4. The summed E-state index contributed by atoms with van der Waals surface area (Å²) in [5.41, 5.74) is 10.8. The van der Waals surface area contributed by atoms with E-state index in [4.69, 9.17) is 11.5 Å². The first-order chi connectivity index (χ1) is 6.06. The van der Waals surface area contributed by atoms with Crippen LogP contribution >= 0.6 is 0 Å². The Kier molecular flexibility index (Phi) is 3.63. The van der Waals surface area contributed by atoms with Crippen molar-refractivity contribution in [1.82, 2.24) is 9.03 Å². The Hall–Kier alpha value is -0.210. The predicted octanol–water partition coefficient (Wildman–Crippen LogP) is -2.19. The number of nitrogens with two attached hydrogens (primary N) is 2. The van der Waals surface area contributed by atoms with Gasteiger partial charge in [-0.3, -0.25) is 0 Å². The molecule has 0 aromatic heterocycles. The molecule has 0 bridgehead atoms. The van der Waals surface area contributed by atoms with Gasteiger partial charge in [0, 0.05) is 32.2 Å². The number of nitrogens with one attached hydrogen (secondary N) is 1. The van der Waals surface area contributed by atoms with Gasteiger partial charge >= 0.3 is 0 Å². The maximum absolute atomic E-state index is 11.4. The second kappa shape index (κ2) is 4.34. The fourth-order valence-corrected chi connectivity index (χ4v) is 2.54. The van der Waals surface area contributed by atoms with Crippen molar-refractivity contribution in [2.45, 2.75) is 12.5 Å². The van der Waals surface area contributed by atoms with Gasteiger partial charge in [-0.05, 0) is 6.42 Å². The van der Waals surface area contributed by atoms with E-state index in [1.165, 1.54) is 4.31 Å². The molecule has 0 spiro atoms. The molecule has 1 unspecified atom stereocenters. The van der Waals surface area contributed by atoms with Gasteiger partial charge in [0.05, 0.1) is 0 Å². The van der Waals surface area contributed by atoms with Gasteiger partial charge in [-0.2, -0.15) is 12.7 Å². The molecule has 1 rings (SSSR count). The second-order valence-corrected chi connectivity index (χ2v) is 4.85. The monoisotopic (exact) mass is 208 g/mol. The molecule has 1 heterocycles. The van der Waals surface area contributed by atoms with E-state index in [2.05, 4.69) is 4.72 Å². The predicted molar refractivity (Wildman–Crippen MR) is 50.1 cm³/mol. The second-order valence-electron chi connectivity index (χ2n) is 3.09. The van der Waals surface area contributed by atoms with Gasteiger partial charge in [0.1, 0.15) is 0 Å². The van der Waals surface area contributed by atoms with Crippen LogP contribution in [-0.4, -0.2) is 44.9 Å². The summed E-state index contributed by atoms with van der Waals surface area (Å²) in [6.45, 7) is 1.48. The molecule has 1 aliphatic rings. The highest BCUT2D eigenvalue weighted by molar-refractivity contribution is 7.87. The third-order valence-corrected chi connectivity index (χ3v) is 3.54. The van der Waals surface area contributed by atoms with E-state index >= 15 is 0 Å². The van der Waals surface area contributed by atoms with Gasteiger partial charge < -0.3 is 11.5 Å². The summed E-state index contributed by atoms with van der Waals surface area (Å²) in [7, 11) is -3.33. The molecule has 1 atom stereocenters. The Morgan fingerprint density at radius 2 is 2.23 bits per heavy atom. The largest absolute Gasteiger partial charge is 0.329 e. The average Bonchev–Trinajstić information content (AvgIpc) is 2.49. The molecular formula is C6H16N4O2S. The van der Waals surface area contributed by atoms with E-state index in [1.807, 2.05) is 0 Å².